The number of para-hydroxylation sites is 1. The van der Waals surface area contributed by atoms with Gasteiger partial charge in [0.05, 0.1) is 0 Å². The van der Waals surface area contributed by atoms with Crippen LogP contribution in [0.1, 0.15) is 26.7 Å². The fourth-order valence-corrected chi connectivity index (χ4v) is 1.65. The van der Waals surface area contributed by atoms with Crippen molar-refractivity contribution in [2.24, 2.45) is 0 Å². The van der Waals surface area contributed by atoms with Crippen LogP contribution in [0.2, 0.25) is 0 Å². The fraction of sp³-hybridized carbons (Fsp3) is 0.417. The number of nitrogens with one attached hydrogen (secondary N) is 2. The molecule has 0 fully saturated rings. The third-order valence-electron chi connectivity index (χ3n) is 2.35. The van der Waals surface area contributed by atoms with Crippen LogP contribution in [0.25, 0.3) is 0 Å². The molecule has 1 aromatic carbocycles. The van der Waals surface area contributed by atoms with Crippen LogP contribution in [0.3, 0.4) is 0 Å². The third kappa shape index (κ3) is 4.30. The molecule has 0 bridgehead atoms. The van der Waals surface area contributed by atoms with Crippen molar-refractivity contribution in [3.05, 3.63) is 30.3 Å². The maximum atomic E-state index is 5.22. The second-order valence-electron chi connectivity index (χ2n) is 3.48. The Labute approximate surface area is 97.1 Å². The van der Waals surface area contributed by atoms with Gasteiger partial charge in [-0.05, 0) is 37.2 Å². The first-order valence-electron chi connectivity index (χ1n) is 5.38. The van der Waals surface area contributed by atoms with E-state index in [4.69, 9.17) is 12.2 Å². The molecule has 0 saturated heterocycles. The molecule has 0 radical (unpaired) electrons. The molecule has 1 aromatic rings. The van der Waals surface area contributed by atoms with Gasteiger partial charge in [-0.3, -0.25) is 0 Å². The quantitative estimate of drug-likeness (QED) is 0.765. The van der Waals surface area contributed by atoms with Crippen LogP contribution in [0.15, 0.2) is 30.3 Å². The molecule has 15 heavy (non-hydrogen) atoms. The smallest absolute Gasteiger partial charge is 0.170 e. The normalized spacial score (nSPS) is 10.1. The molecule has 0 spiro atoms. The molecule has 0 aliphatic carbocycles. The molecular formula is C12H18N2S. The number of rotatable bonds is 4. The van der Waals surface area contributed by atoms with Gasteiger partial charge in [0.25, 0.3) is 0 Å². The Kier molecular flexibility index (Phi) is 5.12. The number of hydrogen-bond acceptors (Lipinski definition) is 1. The lowest BCUT2D eigenvalue weighted by Crippen LogP contribution is -2.36. The monoisotopic (exact) mass is 222 g/mol. The molecule has 0 saturated carbocycles. The molecule has 0 aromatic heterocycles. The molecule has 82 valence electrons. The molecule has 0 aliphatic rings. The van der Waals surface area contributed by atoms with Crippen molar-refractivity contribution in [3.63, 3.8) is 0 Å². The van der Waals surface area contributed by atoms with Crippen molar-refractivity contribution in [2.45, 2.75) is 32.7 Å². The summed E-state index contributed by atoms with van der Waals surface area (Å²) in [6.45, 7) is 4.32. The Morgan fingerprint density at radius 3 is 2.33 bits per heavy atom. The van der Waals surface area contributed by atoms with Crippen molar-refractivity contribution < 1.29 is 0 Å². The summed E-state index contributed by atoms with van der Waals surface area (Å²) in [4.78, 5) is 0. The highest BCUT2D eigenvalue weighted by atomic mass is 32.1. The first-order chi connectivity index (χ1) is 7.26. The lowest BCUT2D eigenvalue weighted by atomic mass is 10.2. The Balaban J connectivity index is 2.43. The SMILES string of the molecule is CCC(CC)NC(=S)Nc1ccccc1. The molecular weight excluding hydrogens is 204 g/mol. The minimum atomic E-state index is 0.466. The second-order valence-corrected chi connectivity index (χ2v) is 3.89. The molecule has 2 N–H and O–H groups in total. The van der Waals surface area contributed by atoms with Crippen LogP contribution < -0.4 is 10.6 Å². The van der Waals surface area contributed by atoms with E-state index in [-0.39, 0.29) is 0 Å². The Hall–Kier alpha value is -1.09. The lowest BCUT2D eigenvalue weighted by molar-refractivity contribution is 0.573. The van der Waals surface area contributed by atoms with Crippen LogP contribution in [0, 0.1) is 0 Å². The van der Waals surface area contributed by atoms with E-state index >= 15 is 0 Å². The highest BCUT2D eigenvalue weighted by molar-refractivity contribution is 7.80. The van der Waals surface area contributed by atoms with Crippen molar-refractivity contribution in [3.8, 4) is 0 Å². The predicted molar refractivity (Wildman–Crippen MR) is 70.2 cm³/mol. The highest BCUT2D eigenvalue weighted by Crippen LogP contribution is 2.05. The van der Waals surface area contributed by atoms with E-state index in [1.807, 2.05) is 30.3 Å². The average molecular weight is 222 g/mol. The average Bonchev–Trinajstić information content (AvgIpc) is 2.27. The van der Waals surface area contributed by atoms with Gasteiger partial charge in [-0.15, -0.1) is 0 Å². The van der Waals surface area contributed by atoms with Gasteiger partial charge in [0, 0.05) is 11.7 Å². The van der Waals surface area contributed by atoms with Crippen molar-refractivity contribution in [1.82, 2.24) is 5.32 Å². The zero-order valence-electron chi connectivity index (χ0n) is 9.29. The van der Waals surface area contributed by atoms with Crippen molar-refractivity contribution in [1.29, 1.82) is 0 Å². The zero-order chi connectivity index (χ0) is 11.1. The second kappa shape index (κ2) is 6.40. The van der Waals surface area contributed by atoms with E-state index in [1.165, 1.54) is 0 Å². The summed E-state index contributed by atoms with van der Waals surface area (Å²) >= 11 is 5.22. The maximum absolute atomic E-state index is 5.22. The number of thiocarbonyl (C=S) groups is 1. The highest BCUT2D eigenvalue weighted by Gasteiger charge is 2.04. The number of hydrogen-bond donors (Lipinski definition) is 2. The Morgan fingerprint density at radius 2 is 1.80 bits per heavy atom. The van der Waals surface area contributed by atoms with Crippen LogP contribution in [0.5, 0.6) is 0 Å². The molecule has 0 amide bonds. The standard InChI is InChI=1S/C12H18N2S/c1-3-10(4-2)13-12(15)14-11-8-6-5-7-9-11/h5-10H,3-4H2,1-2H3,(H2,13,14,15). The van der Waals surface area contributed by atoms with Gasteiger partial charge in [-0.25, -0.2) is 0 Å². The summed E-state index contributed by atoms with van der Waals surface area (Å²) in [5, 5.41) is 7.15. The molecule has 0 unspecified atom stereocenters. The lowest BCUT2D eigenvalue weighted by Gasteiger charge is -2.17. The largest absolute Gasteiger partial charge is 0.360 e. The van der Waals surface area contributed by atoms with Gasteiger partial charge in [0.1, 0.15) is 0 Å². The first kappa shape index (κ1) is 12.0. The summed E-state index contributed by atoms with van der Waals surface area (Å²) in [5.74, 6) is 0. The number of anilines is 1. The van der Waals surface area contributed by atoms with Crippen LogP contribution in [-0.4, -0.2) is 11.2 Å². The van der Waals surface area contributed by atoms with E-state index < -0.39 is 0 Å². The van der Waals surface area contributed by atoms with Crippen molar-refractivity contribution >= 4 is 23.0 Å². The van der Waals surface area contributed by atoms with Gasteiger partial charge in [0.15, 0.2) is 5.11 Å². The maximum Gasteiger partial charge on any atom is 0.170 e. The zero-order valence-corrected chi connectivity index (χ0v) is 10.1. The minimum absolute atomic E-state index is 0.466. The van der Waals surface area contributed by atoms with E-state index in [9.17, 15) is 0 Å². The van der Waals surface area contributed by atoms with E-state index in [0.29, 0.717) is 11.2 Å². The van der Waals surface area contributed by atoms with Gasteiger partial charge >= 0.3 is 0 Å². The van der Waals surface area contributed by atoms with Crippen LogP contribution >= 0.6 is 12.2 Å². The van der Waals surface area contributed by atoms with Crippen LogP contribution in [0.4, 0.5) is 5.69 Å². The minimum Gasteiger partial charge on any atom is -0.360 e. The summed E-state index contributed by atoms with van der Waals surface area (Å²) in [6, 6.07) is 10.4. The summed E-state index contributed by atoms with van der Waals surface area (Å²) in [6.07, 6.45) is 2.18. The molecule has 1 rings (SSSR count). The number of benzene rings is 1. The summed E-state index contributed by atoms with van der Waals surface area (Å²) in [7, 11) is 0. The fourth-order valence-electron chi connectivity index (χ4n) is 1.37. The summed E-state index contributed by atoms with van der Waals surface area (Å²) < 4.78 is 0. The Bertz CT molecular complexity index is 294. The van der Waals surface area contributed by atoms with Gasteiger partial charge in [-0.2, -0.15) is 0 Å². The Morgan fingerprint density at radius 1 is 1.20 bits per heavy atom. The van der Waals surface area contributed by atoms with Crippen LogP contribution in [-0.2, 0) is 0 Å². The predicted octanol–water partition coefficient (Wildman–Crippen LogP) is 3.16. The molecule has 0 heterocycles. The van der Waals surface area contributed by atoms with Gasteiger partial charge in [0.2, 0.25) is 0 Å². The molecule has 3 heteroatoms. The summed E-state index contributed by atoms with van der Waals surface area (Å²) in [5.41, 5.74) is 1.03. The molecule has 2 nitrogen and oxygen atoms in total. The third-order valence-corrected chi connectivity index (χ3v) is 2.57. The van der Waals surface area contributed by atoms with Crippen molar-refractivity contribution in [2.75, 3.05) is 5.32 Å². The van der Waals surface area contributed by atoms with Gasteiger partial charge in [-0.1, -0.05) is 32.0 Å². The van der Waals surface area contributed by atoms with Gasteiger partial charge < -0.3 is 10.6 Å². The molecule has 0 aliphatic heterocycles. The van der Waals surface area contributed by atoms with E-state index in [0.717, 1.165) is 18.5 Å². The topological polar surface area (TPSA) is 24.1 Å². The first-order valence-corrected chi connectivity index (χ1v) is 5.79. The van der Waals surface area contributed by atoms with E-state index in [2.05, 4.69) is 24.5 Å². The molecule has 0 atom stereocenters. The van der Waals surface area contributed by atoms with E-state index in [1.54, 1.807) is 0 Å².